The SMILES string of the molecule is Cc1cc(N=Nc2c(N)nc(SCC#N)nc2N)c(S(=O)(=O)O)cc1Cl. The summed E-state index contributed by atoms with van der Waals surface area (Å²) in [5, 5.41) is 16.5. The number of thioether (sulfide) groups is 1. The Hall–Kier alpha value is -2.46. The molecule has 1 aromatic heterocycles. The molecule has 5 N–H and O–H groups in total. The Morgan fingerprint density at radius 1 is 1.31 bits per heavy atom. The van der Waals surface area contributed by atoms with Gasteiger partial charge in [-0.2, -0.15) is 13.7 Å². The number of halogens is 1. The third-order valence-corrected chi connectivity index (χ3v) is 4.96. The molecule has 10 nitrogen and oxygen atoms in total. The smallest absolute Gasteiger partial charge is 0.296 e. The zero-order chi connectivity index (χ0) is 19.5. The summed E-state index contributed by atoms with van der Waals surface area (Å²) in [5.41, 5.74) is 11.8. The van der Waals surface area contributed by atoms with Crippen LogP contribution in [0.5, 0.6) is 0 Å². The molecule has 1 aromatic carbocycles. The minimum absolute atomic E-state index is 0.0693. The molecule has 0 amide bonds. The number of benzene rings is 1. The van der Waals surface area contributed by atoms with Gasteiger partial charge in [-0.1, -0.05) is 23.4 Å². The zero-order valence-electron chi connectivity index (χ0n) is 13.2. The lowest BCUT2D eigenvalue weighted by atomic mass is 10.2. The van der Waals surface area contributed by atoms with Gasteiger partial charge in [0.25, 0.3) is 10.1 Å². The van der Waals surface area contributed by atoms with Gasteiger partial charge >= 0.3 is 0 Å². The molecular weight excluding hydrogens is 402 g/mol. The van der Waals surface area contributed by atoms with Crippen molar-refractivity contribution in [2.45, 2.75) is 17.0 Å². The van der Waals surface area contributed by atoms with Crippen LogP contribution in [-0.2, 0) is 10.1 Å². The number of hydrogen-bond donors (Lipinski definition) is 3. The molecule has 0 saturated heterocycles. The average Bonchev–Trinajstić information content (AvgIpc) is 2.54. The van der Waals surface area contributed by atoms with Crippen LogP contribution in [0.3, 0.4) is 0 Å². The van der Waals surface area contributed by atoms with E-state index in [2.05, 4.69) is 20.2 Å². The molecule has 26 heavy (non-hydrogen) atoms. The molecule has 0 aliphatic carbocycles. The van der Waals surface area contributed by atoms with Crippen molar-refractivity contribution in [3.63, 3.8) is 0 Å². The van der Waals surface area contributed by atoms with E-state index in [1.54, 1.807) is 6.92 Å². The normalized spacial score (nSPS) is 11.6. The maximum Gasteiger partial charge on any atom is 0.296 e. The molecule has 0 bridgehead atoms. The number of nitrogens with two attached hydrogens (primary N) is 2. The zero-order valence-corrected chi connectivity index (χ0v) is 15.6. The summed E-state index contributed by atoms with van der Waals surface area (Å²) < 4.78 is 32.3. The summed E-state index contributed by atoms with van der Waals surface area (Å²) in [6.07, 6.45) is 0. The van der Waals surface area contributed by atoms with Crippen molar-refractivity contribution < 1.29 is 13.0 Å². The lowest BCUT2D eigenvalue weighted by Crippen LogP contribution is -2.01. The fraction of sp³-hybridized carbons (Fsp3) is 0.154. The fourth-order valence-corrected chi connectivity index (χ4v) is 3.15. The number of azo groups is 1. The van der Waals surface area contributed by atoms with Crippen LogP contribution in [0.15, 0.2) is 32.4 Å². The molecule has 13 heteroatoms. The largest absolute Gasteiger partial charge is 0.382 e. The van der Waals surface area contributed by atoms with Gasteiger partial charge in [0.2, 0.25) is 0 Å². The molecule has 0 fully saturated rings. The first-order chi connectivity index (χ1) is 12.1. The number of rotatable bonds is 5. The number of aryl methyl sites for hydroxylation is 1. The lowest BCUT2D eigenvalue weighted by Gasteiger charge is -2.07. The van der Waals surface area contributed by atoms with Crippen molar-refractivity contribution in [2.24, 2.45) is 10.2 Å². The van der Waals surface area contributed by atoms with E-state index >= 15 is 0 Å². The van der Waals surface area contributed by atoms with Gasteiger partial charge in [0.15, 0.2) is 22.5 Å². The topological polar surface area (TPSA) is 181 Å². The Balaban J connectivity index is 2.48. The van der Waals surface area contributed by atoms with E-state index in [4.69, 9.17) is 28.3 Å². The van der Waals surface area contributed by atoms with Crippen molar-refractivity contribution in [3.8, 4) is 6.07 Å². The van der Waals surface area contributed by atoms with Gasteiger partial charge in [-0.25, -0.2) is 9.97 Å². The van der Waals surface area contributed by atoms with Gasteiger partial charge in [0.05, 0.1) is 11.8 Å². The summed E-state index contributed by atoms with van der Waals surface area (Å²) in [7, 11) is -4.58. The first-order valence-corrected chi connectivity index (χ1v) is 9.56. The summed E-state index contributed by atoms with van der Waals surface area (Å²) >= 11 is 6.92. The molecule has 0 aliphatic rings. The van der Waals surface area contributed by atoms with Crippen LogP contribution in [0.25, 0.3) is 0 Å². The maximum absolute atomic E-state index is 11.5. The summed E-state index contributed by atoms with van der Waals surface area (Å²) in [4.78, 5) is 7.37. The second kappa shape index (κ2) is 7.83. The van der Waals surface area contributed by atoms with E-state index in [1.807, 2.05) is 6.07 Å². The van der Waals surface area contributed by atoms with Crippen molar-refractivity contribution in [2.75, 3.05) is 17.2 Å². The Kier molecular flexibility index (Phi) is 5.98. The van der Waals surface area contributed by atoms with Gasteiger partial charge < -0.3 is 11.5 Å². The predicted molar refractivity (Wildman–Crippen MR) is 97.4 cm³/mol. The maximum atomic E-state index is 11.5. The Morgan fingerprint density at radius 2 is 1.92 bits per heavy atom. The van der Waals surface area contributed by atoms with Crippen molar-refractivity contribution >= 4 is 56.5 Å². The molecule has 136 valence electrons. The van der Waals surface area contributed by atoms with E-state index in [9.17, 15) is 13.0 Å². The predicted octanol–water partition coefficient (Wildman–Crippen LogP) is 2.88. The number of aromatic nitrogens is 2. The highest BCUT2D eigenvalue weighted by Gasteiger charge is 2.18. The van der Waals surface area contributed by atoms with Gasteiger partial charge in [0.1, 0.15) is 10.6 Å². The van der Waals surface area contributed by atoms with Crippen LogP contribution in [0.2, 0.25) is 5.02 Å². The third kappa shape index (κ3) is 4.58. The number of nitriles is 1. The second-order valence-electron chi connectivity index (χ2n) is 4.82. The van der Waals surface area contributed by atoms with Gasteiger partial charge in [-0.15, -0.1) is 10.2 Å². The number of nitrogen functional groups attached to an aromatic ring is 2. The molecule has 0 saturated carbocycles. The monoisotopic (exact) mass is 413 g/mol. The van der Waals surface area contributed by atoms with Crippen LogP contribution in [0.1, 0.15) is 5.56 Å². The number of hydrogen-bond acceptors (Lipinski definition) is 10. The molecule has 0 unspecified atom stereocenters. The molecular formula is C13H12ClN7O3S2. The molecule has 0 atom stereocenters. The molecule has 0 radical (unpaired) electrons. The molecule has 0 aliphatic heterocycles. The van der Waals surface area contributed by atoms with E-state index in [1.165, 1.54) is 6.07 Å². The highest BCUT2D eigenvalue weighted by molar-refractivity contribution is 7.99. The first kappa shape index (κ1) is 19.9. The quantitative estimate of drug-likeness (QED) is 0.287. The van der Waals surface area contributed by atoms with Crippen LogP contribution in [-0.4, -0.2) is 28.7 Å². The number of nitrogens with zero attached hydrogens (tertiary/aromatic N) is 5. The highest BCUT2D eigenvalue weighted by Crippen LogP contribution is 2.34. The van der Waals surface area contributed by atoms with Gasteiger partial charge in [0, 0.05) is 5.02 Å². The van der Waals surface area contributed by atoms with Crippen molar-refractivity contribution in [3.05, 3.63) is 22.7 Å². The Bertz CT molecular complexity index is 1010. The molecule has 0 spiro atoms. The van der Waals surface area contributed by atoms with Crippen molar-refractivity contribution in [1.82, 2.24) is 9.97 Å². The van der Waals surface area contributed by atoms with Crippen molar-refractivity contribution in [1.29, 1.82) is 5.26 Å². The summed E-state index contributed by atoms with van der Waals surface area (Å²) in [5.74, 6) is -0.0804. The van der Waals surface area contributed by atoms with Crippen LogP contribution in [0.4, 0.5) is 23.0 Å². The second-order valence-corrected chi connectivity index (χ2v) is 7.56. The van der Waals surface area contributed by atoms with Gasteiger partial charge in [-0.3, -0.25) is 4.55 Å². The first-order valence-electron chi connectivity index (χ1n) is 6.75. The minimum Gasteiger partial charge on any atom is -0.382 e. The minimum atomic E-state index is -4.58. The standard InChI is InChI=1S/C13H12ClN7O3S2/c1-6-4-8(9(5-7(6)14)26(22,23)24)20-21-10-11(16)18-13(19-12(10)17)25-3-2-15/h4-5H,3H2,1H3,(H,22,23,24)(H4,16,17,18,19). The van der Waals surface area contributed by atoms with Crippen LogP contribution < -0.4 is 11.5 Å². The summed E-state index contributed by atoms with van der Waals surface area (Å²) in [6, 6.07) is 4.31. The Labute approximate surface area is 158 Å². The van der Waals surface area contributed by atoms with Gasteiger partial charge in [-0.05, 0) is 24.6 Å². The number of anilines is 2. The lowest BCUT2D eigenvalue weighted by molar-refractivity contribution is 0.483. The summed E-state index contributed by atoms with van der Waals surface area (Å²) in [6.45, 7) is 1.63. The van der Waals surface area contributed by atoms with E-state index in [0.717, 1.165) is 17.8 Å². The molecule has 1 heterocycles. The molecule has 2 aromatic rings. The highest BCUT2D eigenvalue weighted by atomic mass is 35.5. The van der Waals surface area contributed by atoms with E-state index in [-0.39, 0.29) is 38.9 Å². The fourth-order valence-electron chi connectivity index (χ4n) is 1.77. The Morgan fingerprint density at radius 3 is 2.46 bits per heavy atom. The average molecular weight is 414 g/mol. The van der Waals surface area contributed by atoms with Crippen LogP contribution in [0, 0.1) is 18.3 Å². The molecule has 2 rings (SSSR count). The van der Waals surface area contributed by atoms with Crippen LogP contribution >= 0.6 is 23.4 Å². The third-order valence-electron chi connectivity index (χ3n) is 2.96. The van der Waals surface area contributed by atoms with E-state index in [0.29, 0.717) is 5.56 Å². The van der Waals surface area contributed by atoms with E-state index < -0.39 is 15.0 Å².